The van der Waals surface area contributed by atoms with Crippen molar-refractivity contribution in [3.05, 3.63) is 23.2 Å². The third-order valence-electron chi connectivity index (χ3n) is 3.43. The van der Waals surface area contributed by atoms with Gasteiger partial charge in [0, 0.05) is 18.0 Å². The molecule has 1 saturated carbocycles. The summed E-state index contributed by atoms with van der Waals surface area (Å²) >= 11 is 0. The van der Waals surface area contributed by atoms with Gasteiger partial charge in [-0.3, -0.25) is 9.59 Å². The van der Waals surface area contributed by atoms with Gasteiger partial charge in [-0.15, -0.1) is 0 Å². The van der Waals surface area contributed by atoms with Crippen LogP contribution in [-0.4, -0.2) is 23.0 Å². The average Bonchev–Trinajstić information content (AvgIpc) is 3.11. The number of aryl methyl sites for hydroxylation is 2. The van der Waals surface area contributed by atoms with Gasteiger partial charge in [0.1, 0.15) is 5.76 Å². The van der Waals surface area contributed by atoms with E-state index in [1.165, 1.54) is 0 Å². The predicted molar refractivity (Wildman–Crippen MR) is 69.1 cm³/mol. The molecule has 2 rings (SSSR count). The molecule has 1 atom stereocenters. The van der Waals surface area contributed by atoms with Crippen molar-refractivity contribution in [3.8, 4) is 0 Å². The molecular formula is C14H19NO4. The third-order valence-corrected chi connectivity index (χ3v) is 3.43. The highest BCUT2D eigenvalue weighted by atomic mass is 16.4. The molecule has 1 unspecified atom stereocenters. The van der Waals surface area contributed by atoms with Gasteiger partial charge in [0.05, 0.1) is 6.42 Å². The van der Waals surface area contributed by atoms with Crippen molar-refractivity contribution in [2.24, 2.45) is 5.92 Å². The fourth-order valence-corrected chi connectivity index (χ4v) is 2.20. The first kappa shape index (κ1) is 13.6. The topological polar surface area (TPSA) is 79.5 Å². The van der Waals surface area contributed by atoms with E-state index in [1.807, 2.05) is 19.9 Å². The molecule has 5 nitrogen and oxygen atoms in total. The second kappa shape index (κ2) is 5.47. The number of furan rings is 1. The van der Waals surface area contributed by atoms with Gasteiger partial charge in [0.15, 0.2) is 5.76 Å². The van der Waals surface area contributed by atoms with Crippen LogP contribution in [0.4, 0.5) is 0 Å². The molecule has 1 fully saturated rings. The molecule has 1 amide bonds. The van der Waals surface area contributed by atoms with Gasteiger partial charge in [0.25, 0.3) is 5.91 Å². The number of carboxylic acids is 1. The van der Waals surface area contributed by atoms with E-state index in [-0.39, 0.29) is 18.4 Å². The number of amides is 1. The molecular weight excluding hydrogens is 246 g/mol. The first-order valence-corrected chi connectivity index (χ1v) is 6.63. The molecule has 1 aromatic heterocycles. The Hall–Kier alpha value is -1.78. The summed E-state index contributed by atoms with van der Waals surface area (Å²) in [7, 11) is 0. The number of aliphatic carboxylic acids is 1. The number of nitrogens with one attached hydrogen (secondary N) is 1. The quantitative estimate of drug-likeness (QED) is 0.825. The van der Waals surface area contributed by atoms with E-state index in [0.29, 0.717) is 11.7 Å². The lowest BCUT2D eigenvalue weighted by Gasteiger charge is -2.15. The molecule has 2 N–H and O–H groups in total. The molecule has 0 spiro atoms. The number of carbonyl (C=O) groups excluding carboxylic acids is 1. The van der Waals surface area contributed by atoms with Crippen LogP contribution in [0, 0.1) is 12.8 Å². The van der Waals surface area contributed by atoms with Crippen molar-refractivity contribution in [3.63, 3.8) is 0 Å². The van der Waals surface area contributed by atoms with Gasteiger partial charge in [0.2, 0.25) is 0 Å². The molecule has 0 aliphatic heterocycles. The molecule has 0 radical (unpaired) electrons. The van der Waals surface area contributed by atoms with Crippen LogP contribution < -0.4 is 5.32 Å². The maximum absolute atomic E-state index is 12.1. The van der Waals surface area contributed by atoms with E-state index in [2.05, 4.69) is 5.32 Å². The molecule has 104 valence electrons. The van der Waals surface area contributed by atoms with Crippen LogP contribution in [0.15, 0.2) is 10.5 Å². The minimum atomic E-state index is -0.886. The standard InChI is InChI=1S/C14H19NO4/c1-3-10-6-8(2)13(19-10)14(18)15-11(7-12(16)17)9-4-5-9/h6,9,11H,3-5,7H2,1-2H3,(H,15,18)(H,16,17). The Kier molecular flexibility index (Phi) is 3.93. The van der Waals surface area contributed by atoms with Crippen LogP contribution >= 0.6 is 0 Å². The molecule has 0 aromatic carbocycles. The van der Waals surface area contributed by atoms with E-state index in [9.17, 15) is 9.59 Å². The molecule has 0 saturated heterocycles. The third kappa shape index (κ3) is 3.36. The molecule has 1 aliphatic rings. The first-order chi connectivity index (χ1) is 9.01. The number of carbonyl (C=O) groups is 2. The maximum atomic E-state index is 12.1. The van der Waals surface area contributed by atoms with Crippen molar-refractivity contribution in [1.82, 2.24) is 5.32 Å². The summed E-state index contributed by atoms with van der Waals surface area (Å²) in [5, 5.41) is 11.7. The SMILES string of the molecule is CCc1cc(C)c(C(=O)NC(CC(=O)O)C2CC2)o1. The summed E-state index contributed by atoms with van der Waals surface area (Å²) in [6.07, 6.45) is 2.66. The average molecular weight is 265 g/mol. The van der Waals surface area contributed by atoms with Crippen LogP contribution in [0.25, 0.3) is 0 Å². The Morgan fingerprint density at radius 1 is 1.53 bits per heavy atom. The van der Waals surface area contributed by atoms with Crippen molar-refractivity contribution in [2.45, 2.75) is 45.6 Å². The Labute approximate surface area is 112 Å². The highest BCUT2D eigenvalue weighted by Crippen LogP contribution is 2.34. The first-order valence-electron chi connectivity index (χ1n) is 6.63. The number of carboxylic acid groups (broad SMARTS) is 1. The maximum Gasteiger partial charge on any atom is 0.305 e. The highest BCUT2D eigenvalue weighted by molar-refractivity contribution is 5.93. The number of rotatable bonds is 6. The van der Waals surface area contributed by atoms with Gasteiger partial charge in [-0.05, 0) is 31.7 Å². The summed E-state index contributed by atoms with van der Waals surface area (Å²) in [6, 6.07) is 1.55. The van der Waals surface area contributed by atoms with Crippen LogP contribution in [0.5, 0.6) is 0 Å². The van der Waals surface area contributed by atoms with Gasteiger partial charge < -0.3 is 14.8 Å². The Morgan fingerprint density at radius 2 is 2.21 bits per heavy atom. The van der Waals surface area contributed by atoms with E-state index >= 15 is 0 Å². The van der Waals surface area contributed by atoms with Gasteiger partial charge in [-0.1, -0.05) is 6.92 Å². The number of hydrogen-bond donors (Lipinski definition) is 2. The van der Waals surface area contributed by atoms with Crippen LogP contribution in [0.2, 0.25) is 0 Å². The minimum absolute atomic E-state index is 0.0310. The largest absolute Gasteiger partial charge is 0.481 e. The zero-order valence-electron chi connectivity index (χ0n) is 11.2. The highest BCUT2D eigenvalue weighted by Gasteiger charge is 2.34. The summed E-state index contributed by atoms with van der Waals surface area (Å²) in [5.74, 6) is 0.163. The second-order valence-corrected chi connectivity index (χ2v) is 5.09. The summed E-state index contributed by atoms with van der Waals surface area (Å²) in [6.45, 7) is 3.78. The monoisotopic (exact) mass is 265 g/mol. The van der Waals surface area contributed by atoms with Gasteiger partial charge in [-0.25, -0.2) is 0 Å². The minimum Gasteiger partial charge on any atom is -0.481 e. The fraction of sp³-hybridized carbons (Fsp3) is 0.571. The van der Waals surface area contributed by atoms with Crippen LogP contribution in [-0.2, 0) is 11.2 Å². The summed E-state index contributed by atoms with van der Waals surface area (Å²) < 4.78 is 5.47. The predicted octanol–water partition coefficient (Wildman–Crippen LogP) is 2.13. The Bertz CT molecular complexity index is 488. The Morgan fingerprint density at radius 3 is 2.68 bits per heavy atom. The van der Waals surface area contributed by atoms with E-state index < -0.39 is 5.97 Å². The van der Waals surface area contributed by atoms with E-state index in [1.54, 1.807) is 0 Å². The molecule has 0 bridgehead atoms. The molecule has 1 aromatic rings. The van der Waals surface area contributed by atoms with E-state index in [0.717, 1.165) is 30.6 Å². The summed E-state index contributed by atoms with van der Waals surface area (Å²) in [4.78, 5) is 22.9. The van der Waals surface area contributed by atoms with Crippen molar-refractivity contribution in [1.29, 1.82) is 0 Å². The zero-order valence-corrected chi connectivity index (χ0v) is 11.2. The molecule has 1 heterocycles. The van der Waals surface area contributed by atoms with Crippen molar-refractivity contribution >= 4 is 11.9 Å². The second-order valence-electron chi connectivity index (χ2n) is 5.09. The zero-order chi connectivity index (χ0) is 14.0. The van der Waals surface area contributed by atoms with Crippen molar-refractivity contribution < 1.29 is 19.1 Å². The smallest absolute Gasteiger partial charge is 0.305 e. The summed E-state index contributed by atoms with van der Waals surface area (Å²) in [5.41, 5.74) is 0.791. The lowest BCUT2D eigenvalue weighted by atomic mass is 10.1. The van der Waals surface area contributed by atoms with Crippen molar-refractivity contribution in [2.75, 3.05) is 0 Å². The van der Waals surface area contributed by atoms with Gasteiger partial charge in [-0.2, -0.15) is 0 Å². The molecule has 1 aliphatic carbocycles. The molecule has 19 heavy (non-hydrogen) atoms. The van der Waals surface area contributed by atoms with E-state index in [4.69, 9.17) is 9.52 Å². The lowest BCUT2D eigenvalue weighted by Crippen LogP contribution is -2.38. The number of hydrogen-bond acceptors (Lipinski definition) is 3. The fourth-order valence-electron chi connectivity index (χ4n) is 2.20. The van der Waals surface area contributed by atoms with Crippen LogP contribution in [0.1, 0.15) is 48.1 Å². The lowest BCUT2D eigenvalue weighted by molar-refractivity contribution is -0.137. The normalized spacial score (nSPS) is 16.1. The van der Waals surface area contributed by atoms with Gasteiger partial charge >= 0.3 is 5.97 Å². The molecule has 5 heteroatoms. The van der Waals surface area contributed by atoms with Crippen LogP contribution in [0.3, 0.4) is 0 Å². The Balaban J connectivity index is 2.05.